The molecule has 0 spiro atoms. The fourth-order valence-corrected chi connectivity index (χ4v) is 2.41. The van der Waals surface area contributed by atoms with Crippen molar-refractivity contribution in [3.63, 3.8) is 0 Å². The van der Waals surface area contributed by atoms with Crippen LogP contribution in [0.5, 0.6) is 0 Å². The third kappa shape index (κ3) is 7.29. The van der Waals surface area contributed by atoms with Crippen LogP contribution in [0.2, 0.25) is 0 Å². The van der Waals surface area contributed by atoms with Crippen molar-refractivity contribution in [1.29, 1.82) is 0 Å². The number of hydrogen-bond acceptors (Lipinski definition) is 4. The van der Waals surface area contributed by atoms with Gasteiger partial charge in [0.1, 0.15) is 0 Å². The first-order valence-corrected chi connectivity index (χ1v) is 8.04. The van der Waals surface area contributed by atoms with Gasteiger partial charge in [0, 0.05) is 11.8 Å². The summed E-state index contributed by atoms with van der Waals surface area (Å²) < 4.78 is 5.67. The first-order chi connectivity index (χ1) is 8.22. The molecule has 0 heterocycles. The van der Waals surface area contributed by atoms with Gasteiger partial charge in [0.05, 0.1) is 18.8 Å². The van der Waals surface area contributed by atoms with E-state index in [9.17, 15) is 5.11 Å². The van der Waals surface area contributed by atoms with Crippen LogP contribution in [0, 0.1) is 0 Å². The topological polar surface area (TPSA) is 41.5 Å². The third-order valence-corrected chi connectivity index (χ3v) is 4.38. The first-order valence-electron chi connectivity index (χ1n) is 6.75. The van der Waals surface area contributed by atoms with E-state index in [2.05, 4.69) is 18.5 Å². The van der Waals surface area contributed by atoms with E-state index in [0.29, 0.717) is 24.5 Å². The molecule has 0 radical (unpaired) electrons. The van der Waals surface area contributed by atoms with Crippen molar-refractivity contribution in [3.05, 3.63) is 0 Å². The molecule has 4 heteroatoms. The van der Waals surface area contributed by atoms with Crippen molar-refractivity contribution in [1.82, 2.24) is 5.32 Å². The minimum absolute atomic E-state index is 0.361. The highest BCUT2D eigenvalue weighted by Crippen LogP contribution is 2.20. The molecule has 1 rings (SSSR count). The van der Waals surface area contributed by atoms with Crippen LogP contribution in [0.1, 0.15) is 39.0 Å². The Morgan fingerprint density at radius 2 is 2.12 bits per heavy atom. The molecule has 1 aliphatic carbocycles. The van der Waals surface area contributed by atoms with E-state index in [1.165, 1.54) is 25.7 Å². The van der Waals surface area contributed by atoms with Crippen molar-refractivity contribution in [2.45, 2.75) is 56.5 Å². The van der Waals surface area contributed by atoms with E-state index in [1.807, 2.05) is 11.8 Å². The number of aliphatic hydroxyl groups excluding tert-OH is 1. The van der Waals surface area contributed by atoms with Crippen LogP contribution >= 0.6 is 11.8 Å². The van der Waals surface area contributed by atoms with Crippen LogP contribution in [-0.4, -0.2) is 48.5 Å². The molecule has 0 aromatic rings. The predicted molar refractivity (Wildman–Crippen MR) is 74.7 cm³/mol. The maximum atomic E-state index is 9.74. The van der Waals surface area contributed by atoms with E-state index in [-0.39, 0.29) is 6.10 Å². The summed E-state index contributed by atoms with van der Waals surface area (Å²) in [4.78, 5) is 0. The highest BCUT2D eigenvalue weighted by molar-refractivity contribution is 7.99. The summed E-state index contributed by atoms with van der Waals surface area (Å²) in [5.74, 6) is 0. The number of thioether (sulfide) groups is 1. The molecule has 2 N–H and O–H groups in total. The van der Waals surface area contributed by atoms with Gasteiger partial charge in [-0.3, -0.25) is 0 Å². The van der Waals surface area contributed by atoms with E-state index in [1.54, 1.807) is 0 Å². The number of rotatable bonds is 9. The lowest BCUT2D eigenvalue weighted by atomic mass is 10.3. The van der Waals surface area contributed by atoms with Crippen LogP contribution in [0.3, 0.4) is 0 Å². The van der Waals surface area contributed by atoms with Gasteiger partial charge in [0.2, 0.25) is 0 Å². The molecule has 0 aliphatic heterocycles. The zero-order valence-electron chi connectivity index (χ0n) is 11.2. The SMILES string of the molecule is CSC(C)CCNCC(O)COC1CCCC1. The molecule has 3 nitrogen and oxygen atoms in total. The summed E-state index contributed by atoms with van der Waals surface area (Å²) in [6.07, 6.45) is 8.24. The van der Waals surface area contributed by atoms with Gasteiger partial charge in [0.15, 0.2) is 0 Å². The zero-order valence-corrected chi connectivity index (χ0v) is 12.0. The van der Waals surface area contributed by atoms with Gasteiger partial charge in [-0.1, -0.05) is 19.8 Å². The summed E-state index contributed by atoms with van der Waals surface area (Å²) in [5.41, 5.74) is 0. The highest BCUT2D eigenvalue weighted by atomic mass is 32.2. The molecule has 102 valence electrons. The zero-order chi connectivity index (χ0) is 12.5. The van der Waals surface area contributed by atoms with Crippen molar-refractivity contribution in [2.24, 2.45) is 0 Å². The number of aliphatic hydroxyl groups is 1. The molecule has 0 aromatic carbocycles. The van der Waals surface area contributed by atoms with Gasteiger partial charge < -0.3 is 15.2 Å². The molecule has 17 heavy (non-hydrogen) atoms. The average Bonchev–Trinajstić information content (AvgIpc) is 2.84. The summed E-state index contributed by atoms with van der Waals surface area (Å²) in [7, 11) is 0. The van der Waals surface area contributed by atoms with Crippen LogP contribution < -0.4 is 5.32 Å². The number of ether oxygens (including phenoxy) is 1. The Balaban J connectivity index is 1.91. The first kappa shape index (κ1) is 15.3. The molecule has 0 saturated heterocycles. The maximum absolute atomic E-state index is 9.74. The monoisotopic (exact) mass is 261 g/mol. The van der Waals surface area contributed by atoms with Crippen LogP contribution in [0.15, 0.2) is 0 Å². The van der Waals surface area contributed by atoms with Crippen LogP contribution in [0.4, 0.5) is 0 Å². The summed E-state index contributed by atoms with van der Waals surface area (Å²) in [6, 6.07) is 0. The fourth-order valence-electron chi connectivity index (χ4n) is 2.05. The Morgan fingerprint density at radius 1 is 1.41 bits per heavy atom. The molecule has 0 bridgehead atoms. The smallest absolute Gasteiger partial charge is 0.0897 e. The standard InChI is InChI=1S/C13H27NO2S/c1-11(17-2)7-8-14-9-12(15)10-16-13-5-3-4-6-13/h11-15H,3-10H2,1-2H3. The largest absolute Gasteiger partial charge is 0.389 e. The lowest BCUT2D eigenvalue weighted by Crippen LogP contribution is -2.32. The van der Waals surface area contributed by atoms with Crippen molar-refractivity contribution < 1.29 is 9.84 Å². The highest BCUT2D eigenvalue weighted by Gasteiger charge is 2.16. The minimum Gasteiger partial charge on any atom is -0.389 e. The maximum Gasteiger partial charge on any atom is 0.0897 e. The van der Waals surface area contributed by atoms with Crippen LogP contribution in [0.25, 0.3) is 0 Å². The van der Waals surface area contributed by atoms with Gasteiger partial charge in [0.25, 0.3) is 0 Å². The van der Waals surface area contributed by atoms with Gasteiger partial charge >= 0.3 is 0 Å². The van der Waals surface area contributed by atoms with E-state index in [4.69, 9.17) is 4.74 Å². The second kappa shape index (κ2) is 9.20. The van der Waals surface area contributed by atoms with Gasteiger partial charge in [-0.2, -0.15) is 11.8 Å². The van der Waals surface area contributed by atoms with Gasteiger partial charge in [-0.15, -0.1) is 0 Å². The third-order valence-electron chi connectivity index (χ3n) is 3.34. The molecule has 2 atom stereocenters. The fraction of sp³-hybridized carbons (Fsp3) is 1.00. The summed E-state index contributed by atoms with van der Waals surface area (Å²) >= 11 is 1.88. The van der Waals surface area contributed by atoms with Crippen LogP contribution in [-0.2, 0) is 4.74 Å². The Kier molecular flexibility index (Phi) is 8.27. The van der Waals surface area contributed by atoms with Gasteiger partial charge in [-0.25, -0.2) is 0 Å². The molecule has 0 amide bonds. The number of hydrogen-bond donors (Lipinski definition) is 2. The number of nitrogens with one attached hydrogen (secondary N) is 1. The molecule has 1 fully saturated rings. The second-order valence-electron chi connectivity index (χ2n) is 4.93. The van der Waals surface area contributed by atoms with E-state index >= 15 is 0 Å². The molecule has 1 saturated carbocycles. The Hall–Kier alpha value is 0.230. The average molecular weight is 261 g/mol. The normalized spacial score (nSPS) is 20.6. The van der Waals surface area contributed by atoms with Crippen molar-refractivity contribution in [3.8, 4) is 0 Å². The molecular weight excluding hydrogens is 234 g/mol. The molecular formula is C13H27NO2S. The lowest BCUT2D eigenvalue weighted by molar-refractivity contribution is -0.00534. The van der Waals surface area contributed by atoms with Crippen molar-refractivity contribution >= 4 is 11.8 Å². The molecule has 2 unspecified atom stereocenters. The minimum atomic E-state index is -0.361. The molecule has 0 aromatic heterocycles. The Labute approximate surface area is 110 Å². The predicted octanol–water partition coefficient (Wildman–Crippen LogP) is 2.04. The second-order valence-corrected chi connectivity index (χ2v) is 6.21. The summed E-state index contributed by atoms with van der Waals surface area (Å²) in [5, 5.41) is 13.7. The summed E-state index contributed by atoms with van der Waals surface area (Å²) in [6.45, 7) is 4.33. The van der Waals surface area contributed by atoms with Gasteiger partial charge in [-0.05, 0) is 32.1 Å². The molecule has 1 aliphatic rings. The Bertz CT molecular complexity index is 186. The van der Waals surface area contributed by atoms with E-state index in [0.717, 1.165) is 13.0 Å². The lowest BCUT2D eigenvalue weighted by Gasteiger charge is -2.16. The van der Waals surface area contributed by atoms with E-state index < -0.39 is 0 Å². The quantitative estimate of drug-likeness (QED) is 0.623. The van der Waals surface area contributed by atoms with Crippen molar-refractivity contribution in [2.75, 3.05) is 26.0 Å². The Morgan fingerprint density at radius 3 is 2.76 bits per heavy atom.